The van der Waals surface area contributed by atoms with Crippen molar-refractivity contribution in [2.24, 2.45) is 5.92 Å². The van der Waals surface area contributed by atoms with Crippen molar-refractivity contribution in [1.29, 1.82) is 0 Å². The highest BCUT2D eigenvalue weighted by Crippen LogP contribution is 2.25. The zero-order valence-electron chi connectivity index (χ0n) is 12.2. The molecule has 0 aromatic rings. The zero-order valence-corrected chi connectivity index (χ0v) is 12.2. The van der Waals surface area contributed by atoms with Gasteiger partial charge in [0.05, 0.1) is 0 Å². The van der Waals surface area contributed by atoms with Gasteiger partial charge in [0.25, 0.3) is 0 Å². The monoisotopic (exact) mass is 253 g/mol. The van der Waals surface area contributed by atoms with Crippen LogP contribution in [-0.2, 0) is 0 Å². The van der Waals surface area contributed by atoms with Gasteiger partial charge in [0.1, 0.15) is 0 Å². The van der Waals surface area contributed by atoms with Gasteiger partial charge in [-0.2, -0.15) is 0 Å². The molecule has 0 radical (unpaired) electrons. The Morgan fingerprint density at radius 1 is 1.11 bits per heavy atom. The van der Waals surface area contributed by atoms with Gasteiger partial charge >= 0.3 is 0 Å². The minimum atomic E-state index is 1.00. The molecule has 0 aromatic heterocycles. The molecule has 0 amide bonds. The molecular weight excluding hydrogens is 222 g/mol. The van der Waals surface area contributed by atoms with E-state index in [4.69, 9.17) is 0 Å². The normalized spacial score (nSPS) is 23.0. The van der Waals surface area contributed by atoms with Crippen molar-refractivity contribution >= 4 is 0 Å². The lowest BCUT2D eigenvalue weighted by atomic mass is 10.1. The van der Waals surface area contributed by atoms with E-state index in [1.54, 1.807) is 0 Å². The van der Waals surface area contributed by atoms with Crippen molar-refractivity contribution in [2.45, 2.75) is 38.5 Å². The summed E-state index contributed by atoms with van der Waals surface area (Å²) in [4.78, 5) is 5.17. The van der Waals surface area contributed by atoms with Crippen LogP contribution in [0.15, 0.2) is 0 Å². The fraction of sp³-hybridized carbons (Fsp3) is 1.00. The maximum atomic E-state index is 3.41. The van der Waals surface area contributed by atoms with Crippen molar-refractivity contribution in [2.75, 3.05) is 52.9 Å². The molecule has 18 heavy (non-hydrogen) atoms. The number of hydrogen-bond donors (Lipinski definition) is 1. The first-order valence-corrected chi connectivity index (χ1v) is 7.96. The predicted molar refractivity (Wildman–Crippen MR) is 78.0 cm³/mol. The Bertz CT molecular complexity index is 208. The molecule has 1 saturated heterocycles. The summed E-state index contributed by atoms with van der Waals surface area (Å²) in [6.45, 7) is 8.80. The SMILES string of the molecule is CN(CCCCN1CCNCC1)CC1CCCC1. The van der Waals surface area contributed by atoms with E-state index in [9.17, 15) is 0 Å². The van der Waals surface area contributed by atoms with Crippen LogP contribution < -0.4 is 5.32 Å². The Balaban J connectivity index is 1.46. The third kappa shape index (κ3) is 5.25. The molecule has 2 fully saturated rings. The largest absolute Gasteiger partial charge is 0.314 e. The molecule has 2 rings (SSSR count). The Morgan fingerprint density at radius 2 is 1.83 bits per heavy atom. The molecule has 3 heteroatoms. The van der Waals surface area contributed by atoms with E-state index in [1.165, 1.54) is 84.3 Å². The summed E-state index contributed by atoms with van der Waals surface area (Å²) < 4.78 is 0. The quantitative estimate of drug-likeness (QED) is 0.698. The van der Waals surface area contributed by atoms with Crippen LogP contribution in [0.4, 0.5) is 0 Å². The number of nitrogens with one attached hydrogen (secondary N) is 1. The number of nitrogens with zero attached hydrogens (tertiary/aromatic N) is 2. The van der Waals surface area contributed by atoms with Crippen LogP contribution in [0.25, 0.3) is 0 Å². The molecule has 0 aromatic carbocycles. The topological polar surface area (TPSA) is 18.5 Å². The first kappa shape index (κ1) is 14.3. The Kier molecular flexibility index (Phi) is 6.46. The van der Waals surface area contributed by atoms with Gasteiger partial charge in [-0.15, -0.1) is 0 Å². The van der Waals surface area contributed by atoms with Crippen molar-refractivity contribution in [1.82, 2.24) is 15.1 Å². The van der Waals surface area contributed by atoms with Crippen LogP contribution in [0.5, 0.6) is 0 Å². The summed E-state index contributed by atoms with van der Waals surface area (Å²) in [5, 5.41) is 3.41. The van der Waals surface area contributed by atoms with E-state index in [0.717, 1.165) is 5.92 Å². The molecule has 0 atom stereocenters. The summed E-state index contributed by atoms with van der Waals surface area (Å²) in [5.41, 5.74) is 0. The number of piperazine rings is 1. The van der Waals surface area contributed by atoms with E-state index in [1.807, 2.05) is 0 Å². The number of rotatable bonds is 7. The minimum Gasteiger partial charge on any atom is -0.314 e. The maximum absolute atomic E-state index is 3.41. The summed E-state index contributed by atoms with van der Waals surface area (Å²) >= 11 is 0. The van der Waals surface area contributed by atoms with Gasteiger partial charge < -0.3 is 15.1 Å². The summed E-state index contributed by atoms with van der Waals surface area (Å²) in [6, 6.07) is 0. The third-order valence-corrected chi connectivity index (χ3v) is 4.52. The maximum Gasteiger partial charge on any atom is 0.0107 e. The van der Waals surface area contributed by atoms with Crippen LogP contribution in [0, 0.1) is 5.92 Å². The minimum absolute atomic E-state index is 1.00. The number of unbranched alkanes of at least 4 members (excludes halogenated alkanes) is 1. The molecule has 1 N–H and O–H groups in total. The van der Waals surface area contributed by atoms with Crippen LogP contribution >= 0.6 is 0 Å². The van der Waals surface area contributed by atoms with E-state index < -0.39 is 0 Å². The van der Waals surface area contributed by atoms with Gasteiger partial charge in [0.2, 0.25) is 0 Å². The highest BCUT2D eigenvalue weighted by Gasteiger charge is 2.16. The summed E-state index contributed by atoms with van der Waals surface area (Å²) in [5.74, 6) is 1.00. The Hall–Kier alpha value is -0.120. The van der Waals surface area contributed by atoms with Crippen LogP contribution in [-0.4, -0.2) is 62.7 Å². The fourth-order valence-corrected chi connectivity index (χ4v) is 3.38. The first-order valence-electron chi connectivity index (χ1n) is 7.96. The molecule has 1 aliphatic heterocycles. The second-order valence-electron chi connectivity index (χ2n) is 6.21. The second kappa shape index (κ2) is 8.13. The van der Waals surface area contributed by atoms with Gasteiger partial charge in [-0.05, 0) is 51.7 Å². The lowest BCUT2D eigenvalue weighted by Crippen LogP contribution is -2.43. The fourth-order valence-electron chi connectivity index (χ4n) is 3.38. The smallest absolute Gasteiger partial charge is 0.0107 e. The predicted octanol–water partition coefficient (Wildman–Crippen LogP) is 1.79. The van der Waals surface area contributed by atoms with Crippen molar-refractivity contribution < 1.29 is 0 Å². The molecule has 106 valence electrons. The molecular formula is C15H31N3. The van der Waals surface area contributed by atoms with E-state index in [0.29, 0.717) is 0 Å². The van der Waals surface area contributed by atoms with Crippen LogP contribution in [0.3, 0.4) is 0 Å². The van der Waals surface area contributed by atoms with Gasteiger partial charge in [0.15, 0.2) is 0 Å². The lowest BCUT2D eigenvalue weighted by molar-refractivity contribution is 0.225. The van der Waals surface area contributed by atoms with Gasteiger partial charge in [0, 0.05) is 32.7 Å². The molecule has 2 aliphatic rings. The molecule has 1 heterocycles. The molecule has 1 saturated carbocycles. The molecule has 0 spiro atoms. The highest BCUT2D eigenvalue weighted by molar-refractivity contribution is 4.71. The molecule has 0 bridgehead atoms. The van der Waals surface area contributed by atoms with Crippen LogP contribution in [0.1, 0.15) is 38.5 Å². The number of hydrogen-bond acceptors (Lipinski definition) is 3. The average Bonchev–Trinajstić information content (AvgIpc) is 2.89. The zero-order chi connectivity index (χ0) is 12.6. The second-order valence-corrected chi connectivity index (χ2v) is 6.21. The highest BCUT2D eigenvalue weighted by atomic mass is 15.2. The van der Waals surface area contributed by atoms with Gasteiger partial charge in [-0.25, -0.2) is 0 Å². The van der Waals surface area contributed by atoms with Crippen LogP contribution in [0.2, 0.25) is 0 Å². The Morgan fingerprint density at radius 3 is 2.56 bits per heavy atom. The molecule has 3 nitrogen and oxygen atoms in total. The Labute approximate surface area is 113 Å². The molecule has 1 aliphatic carbocycles. The standard InChI is InChI=1S/C15H31N3/c1-17(14-15-6-2-3-7-15)10-4-5-11-18-12-8-16-9-13-18/h15-16H,2-14H2,1H3. The van der Waals surface area contributed by atoms with Crippen molar-refractivity contribution in [3.05, 3.63) is 0 Å². The van der Waals surface area contributed by atoms with E-state index in [-0.39, 0.29) is 0 Å². The van der Waals surface area contributed by atoms with Gasteiger partial charge in [-0.3, -0.25) is 0 Å². The van der Waals surface area contributed by atoms with Gasteiger partial charge in [-0.1, -0.05) is 12.8 Å². The summed E-state index contributed by atoms with van der Waals surface area (Å²) in [6.07, 6.45) is 8.64. The third-order valence-electron chi connectivity index (χ3n) is 4.52. The van der Waals surface area contributed by atoms with E-state index in [2.05, 4.69) is 22.2 Å². The van der Waals surface area contributed by atoms with Crippen molar-refractivity contribution in [3.63, 3.8) is 0 Å². The first-order chi connectivity index (χ1) is 8.84. The van der Waals surface area contributed by atoms with Crippen molar-refractivity contribution in [3.8, 4) is 0 Å². The van der Waals surface area contributed by atoms with E-state index >= 15 is 0 Å². The molecule has 0 unspecified atom stereocenters. The average molecular weight is 253 g/mol. The summed E-state index contributed by atoms with van der Waals surface area (Å²) in [7, 11) is 2.31. The lowest BCUT2D eigenvalue weighted by Gasteiger charge is -2.27.